The van der Waals surface area contributed by atoms with Crippen LogP contribution in [0.3, 0.4) is 0 Å². The number of ether oxygens (including phenoxy) is 3. The second kappa shape index (κ2) is 11.8. The van der Waals surface area contributed by atoms with Crippen molar-refractivity contribution in [2.24, 2.45) is 5.10 Å². The Labute approximate surface area is 215 Å². The normalized spacial score (nSPS) is 11.5. The van der Waals surface area contributed by atoms with Gasteiger partial charge in [0.25, 0.3) is 15.9 Å². The average molecular weight is 532 g/mol. The Morgan fingerprint density at radius 2 is 1.56 bits per heavy atom. The van der Waals surface area contributed by atoms with E-state index in [0.29, 0.717) is 11.5 Å². The molecule has 1 N–H and O–H groups in total. The van der Waals surface area contributed by atoms with Crippen LogP contribution < -0.4 is 23.9 Å². The van der Waals surface area contributed by atoms with Crippen molar-refractivity contribution in [2.75, 3.05) is 32.2 Å². The summed E-state index contributed by atoms with van der Waals surface area (Å²) in [5.74, 6) is 0.104. The first-order valence-corrected chi connectivity index (χ1v) is 12.5. The lowest BCUT2D eigenvalue weighted by Crippen LogP contribution is -2.40. The van der Waals surface area contributed by atoms with Gasteiger partial charge in [0.15, 0.2) is 11.5 Å². The average Bonchev–Trinajstić information content (AvgIpc) is 2.90. The fourth-order valence-corrected chi connectivity index (χ4v) is 4.92. The molecule has 0 aromatic heterocycles. The van der Waals surface area contributed by atoms with E-state index < -0.39 is 22.5 Å². The number of carbonyl (C=O) groups excluding carboxylic acids is 1. The summed E-state index contributed by atoms with van der Waals surface area (Å²) in [5, 5.41) is 4.37. The van der Waals surface area contributed by atoms with Gasteiger partial charge in [0.2, 0.25) is 0 Å². The van der Waals surface area contributed by atoms with Crippen LogP contribution in [0.4, 0.5) is 5.69 Å². The molecular formula is C25H26ClN3O6S. The molecule has 3 rings (SSSR count). The molecule has 0 aliphatic carbocycles. The van der Waals surface area contributed by atoms with E-state index in [-0.39, 0.29) is 27.1 Å². The predicted octanol–water partition coefficient (Wildman–Crippen LogP) is 4.10. The smallest absolute Gasteiger partial charge is 0.265 e. The third-order valence-electron chi connectivity index (χ3n) is 5.18. The van der Waals surface area contributed by atoms with Gasteiger partial charge in [-0.3, -0.25) is 9.10 Å². The van der Waals surface area contributed by atoms with E-state index in [4.69, 9.17) is 25.8 Å². The van der Waals surface area contributed by atoms with Crippen molar-refractivity contribution >= 4 is 38.9 Å². The quantitative estimate of drug-likeness (QED) is 0.312. The van der Waals surface area contributed by atoms with Crippen molar-refractivity contribution in [3.63, 3.8) is 0 Å². The van der Waals surface area contributed by atoms with Crippen LogP contribution in [0.25, 0.3) is 0 Å². The van der Waals surface area contributed by atoms with Crippen LogP contribution in [-0.2, 0) is 14.8 Å². The van der Waals surface area contributed by atoms with E-state index in [1.54, 1.807) is 13.0 Å². The Morgan fingerprint density at radius 1 is 0.917 bits per heavy atom. The van der Waals surface area contributed by atoms with Gasteiger partial charge in [0.1, 0.15) is 12.3 Å². The number of methoxy groups -OCH3 is 3. The number of benzene rings is 3. The molecule has 1 amide bonds. The highest BCUT2D eigenvalue weighted by Gasteiger charge is 2.30. The lowest BCUT2D eigenvalue weighted by atomic mass is 10.1. The second-order valence-corrected chi connectivity index (χ2v) is 9.74. The monoisotopic (exact) mass is 531 g/mol. The largest absolute Gasteiger partial charge is 0.495 e. The summed E-state index contributed by atoms with van der Waals surface area (Å²) >= 11 is 6.17. The molecule has 0 saturated heterocycles. The molecule has 0 spiro atoms. The van der Waals surface area contributed by atoms with Crippen molar-refractivity contribution in [1.82, 2.24) is 5.43 Å². The number of anilines is 1. The second-order valence-electron chi connectivity index (χ2n) is 7.44. The van der Waals surface area contributed by atoms with Crippen LogP contribution in [0.2, 0.25) is 5.02 Å². The highest BCUT2D eigenvalue weighted by molar-refractivity contribution is 7.92. The van der Waals surface area contributed by atoms with Gasteiger partial charge in [-0.05, 0) is 42.8 Å². The third-order valence-corrected chi connectivity index (χ3v) is 7.17. The number of hydrazone groups is 1. The number of hydrogen-bond acceptors (Lipinski definition) is 7. The van der Waals surface area contributed by atoms with Gasteiger partial charge in [0, 0.05) is 11.1 Å². The number of nitrogens with one attached hydrogen (secondary N) is 1. The summed E-state index contributed by atoms with van der Waals surface area (Å²) in [4.78, 5) is 12.8. The Bertz CT molecular complexity index is 1360. The Kier molecular flexibility index (Phi) is 8.78. The molecule has 190 valence electrons. The van der Waals surface area contributed by atoms with Gasteiger partial charge in [-0.1, -0.05) is 41.9 Å². The standard InChI is InChI=1S/C25H26ClN3O6S/c1-17(18-8-6-5-7-9-18)27-28-25(30)16-29(21-14-19(26)10-12-22(21)33-2)36(31,32)20-11-13-23(34-3)24(15-20)35-4/h5-15H,16H2,1-4H3,(H,28,30)/b27-17-. The van der Waals surface area contributed by atoms with Crippen molar-refractivity contribution in [3.8, 4) is 17.2 Å². The number of hydrogen-bond donors (Lipinski definition) is 1. The first kappa shape index (κ1) is 26.8. The molecule has 0 bridgehead atoms. The zero-order valence-corrected chi connectivity index (χ0v) is 21.8. The van der Waals surface area contributed by atoms with Gasteiger partial charge >= 0.3 is 0 Å². The minimum atomic E-state index is -4.30. The number of carbonyl (C=O) groups is 1. The van der Waals surface area contributed by atoms with Crippen LogP contribution in [-0.4, -0.2) is 47.9 Å². The minimum absolute atomic E-state index is 0.0821. The highest BCUT2D eigenvalue weighted by atomic mass is 35.5. The van der Waals surface area contributed by atoms with Gasteiger partial charge in [-0.15, -0.1) is 0 Å². The van der Waals surface area contributed by atoms with Crippen LogP contribution in [0.15, 0.2) is 76.7 Å². The molecule has 3 aromatic rings. The molecule has 0 aliphatic heterocycles. The number of sulfonamides is 1. The molecule has 0 saturated carbocycles. The molecule has 0 unspecified atom stereocenters. The molecule has 3 aromatic carbocycles. The fraction of sp³-hybridized carbons (Fsp3) is 0.200. The highest BCUT2D eigenvalue weighted by Crippen LogP contribution is 2.36. The van der Waals surface area contributed by atoms with Gasteiger partial charge < -0.3 is 14.2 Å². The minimum Gasteiger partial charge on any atom is -0.495 e. The van der Waals surface area contributed by atoms with E-state index in [1.807, 2.05) is 30.3 Å². The van der Waals surface area contributed by atoms with Crippen molar-refractivity contribution < 1.29 is 27.4 Å². The van der Waals surface area contributed by atoms with Crippen LogP contribution in [0.1, 0.15) is 12.5 Å². The number of halogens is 1. The molecule has 0 aliphatic rings. The molecule has 9 nitrogen and oxygen atoms in total. The van der Waals surface area contributed by atoms with Crippen molar-refractivity contribution in [2.45, 2.75) is 11.8 Å². The zero-order chi connectivity index (χ0) is 26.3. The lowest BCUT2D eigenvalue weighted by molar-refractivity contribution is -0.119. The molecular weight excluding hydrogens is 506 g/mol. The maximum Gasteiger partial charge on any atom is 0.265 e. The first-order valence-electron chi connectivity index (χ1n) is 10.7. The SMILES string of the molecule is COc1ccc(S(=O)(=O)N(CC(=O)N/N=C(/C)c2ccccc2)c2cc(Cl)ccc2OC)cc1OC. The molecule has 0 fully saturated rings. The number of rotatable bonds is 10. The summed E-state index contributed by atoms with van der Waals surface area (Å²) in [6, 6.07) is 17.9. The third kappa shape index (κ3) is 6.07. The Hall–Kier alpha value is -3.76. The first-order chi connectivity index (χ1) is 17.2. The van der Waals surface area contributed by atoms with Gasteiger partial charge in [0.05, 0.1) is 37.6 Å². The van der Waals surface area contributed by atoms with Gasteiger partial charge in [-0.25, -0.2) is 13.8 Å². The van der Waals surface area contributed by atoms with Crippen LogP contribution in [0, 0.1) is 0 Å². The summed E-state index contributed by atoms with van der Waals surface area (Å²) < 4.78 is 44.3. The lowest BCUT2D eigenvalue weighted by Gasteiger charge is -2.26. The maximum atomic E-state index is 13.8. The summed E-state index contributed by atoms with van der Waals surface area (Å²) in [6.07, 6.45) is 0. The van der Waals surface area contributed by atoms with E-state index in [2.05, 4.69) is 10.5 Å². The molecule has 0 radical (unpaired) electrons. The zero-order valence-electron chi connectivity index (χ0n) is 20.2. The Morgan fingerprint density at radius 3 is 2.19 bits per heavy atom. The summed E-state index contributed by atoms with van der Waals surface area (Å²) in [5.41, 5.74) is 3.87. The van der Waals surface area contributed by atoms with Gasteiger partial charge in [-0.2, -0.15) is 5.10 Å². The van der Waals surface area contributed by atoms with E-state index in [0.717, 1.165) is 9.87 Å². The van der Waals surface area contributed by atoms with Crippen LogP contribution in [0.5, 0.6) is 17.2 Å². The fourth-order valence-electron chi connectivity index (χ4n) is 3.32. The Balaban J connectivity index is 2.02. The summed E-state index contributed by atoms with van der Waals surface area (Å²) in [7, 11) is -0.0693. The molecule has 11 heteroatoms. The number of nitrogens with zero attached hydrogens (tertiary/aromatic N) is 2. The predicted molar refractivity (Wildman–Crippen MR) is 139 cm³/mol. The molecule has 0 heterocycles. The van der Waals surface area contributed by atoms with E-state index >= 15 is 0 Å². The molecule has 36 heavy (non-hydrogen) atoms. The van der Waals surface area contributed by atoms with Crippen molar-refractivity contribution in [3.05, 3.63) is 77.3 Å². The summed E-state index contributed by atoms with van der Waals surface area (Å²) in [6.45, 7) is 1.13. The maximum absolute atomic E-state index is 13.8. The molecule has 0 atom stereocenters. The van der Waals surface area contributed by atoms with Crippen LogP contribution >= 0.6 is 11.6 Å². The van der Waals surface area contributed by atoms with E-state index in [9.17, 15) is 13.2 Å². The van der Waals surface area contributed by atoms with E-state index in [1.165, 1.54) is 51.7 Å². The number of amides is 1. The van der Waals surface area contributed by atoms with Crippen molar-refractivity contribution in [1.29, 1.82) is 0 Å². The topological polar surface area (TPSA) is 107 Å².